The maximum atomic E-state index is 11.2. The minimum Gasteiger partial charge on any atom is -0.496 e. The van der Waals surface area contributed by atoms with Crippen LogP contribution >= 0.6 is 11.8 Å². The van der Waals surface area contributed by atoms with Gasteiger partial charge in [0.05, 0.1) is 17.6 Å². The molecule has 0 aliphatic rings. The molecule has 2 rings (SSSR count). The van der Waals surface area contributed by atoms with Crippen LogP contribution in [0, 0.1) is 0 Å². The molecule has 0 aliphatic heterocycles. The van der Waals surface area contributed by atoms with Crippen molar-refractivity contribution in [3.8, 4) is 5.75 Å². The number of hydrogen-bond donors (Lipinski definition) is 1. The molecule has 0 radical (unpaired) electrons. The molecule has 2 aromatic rings. The summed E-state index contributed by atoms with van der Waals surface area (Å²) < 4.78 is 5.22. The number of hydrogen-bond acceptors (Lipinski definition) is 3. The van der Waals surface area contributed by atoms with E-state index in [0.29, 0.717) is 10.6 Å². The van der Waals surface area contributed by atoms with Crippen LogP contribution in [0.5, 0.6) is 5.75 Å². The van der Waals surface area contributed by atoms with Gasteiger partial charge < -0.3 is 9.84 Å². The van der Waals surface area contributed by atoms with Crippen LogP contribution in [0.2, 0.25) is 0 Å². The van der Waals surface area contributed by atoms with E-state index < -0.39 is 5.97 Å². The highest BCUT2D eigenvalue weighted by molar-refractivity contribution is 7.99. The van der Waals surface area contributed by atoms with Crippen molar-refractivity contribution in [1.82, 2.24) is 0 Å². The molecule has 92 valence electrons. The number of carboxylic acids is 1. The predicted octanol–water partition coefficient (Wildman–Crippen LogP) is 3.54. The van der Waals surface area contributed by atoms with E-state index in [1.54, 1.807) is 18.2 Å². The number of carboxylic acid groups (broad SMARTS) is 1. The lowest BCUT2D eigenvalue weighted by atomic mass is 10.2. The van der Waals surface area contributed by atoms with Crippen LogP contribution in [0.1, 0.15) is 10.4 Å². The average molecular weight is 260 g/mol. The molecule has 18 heavy (non-hydrogen) atoms. The third-order valence-corrected chi connectivity index (χ3v) is 3.53. The van der Waals surface area contributed by atoms with Gasteiger partial charge in [0.25, 0.3) is 0 Å². The third-order valence-electron chi connectivity index (χ3n) is 2.39. The molecule has 0 amide bonds. The second-order valence-electron chi connectivity index (χ2n) is 3.56. The molecular formula is C14H12O3S. The Hall–Kier alpha value is -1.94. The first-order valence-electron chi connectivity index (χ1n) is 5.35. The molecular weight excluding hydrogens is 248 g/mol. The topological polar surface area (TPSA) is 46.5 Å². The zero-order valence-corrected chi connectivity index (χ0v) is 10.6. The van der Waals surface area contributed by atoms with Crippen LogP contribution in [0.3, 0.4) is 0 Å². The van der Waals surface area contributed by atoms with Gasteiger partial charge in [0.1, 0.15) is 5.75 Å². The summed E-state index contributed by atoms with van der Waals surface area (Å²) in [5.41, 5.74) is 0.253. The van der Waals surface area contributed by atoms with E-state index >= 15 is 0 Å². The van der Waals surface area contributed by atoms with Crippen molar-refractivity contribution in [2.45, 2.75) is 9.79 Å². The average Bonchev–Trinajstić information content (AvgIpc) is 2.40. The highest BCUT2D eigenvalue weighted by atomic mass is 32.2. The normalized spacial score (nSPS) is 10.1. The highest BCUT2D eigenvalue weighted by Crippen LogP contribution is 2.37. The second kappa shape index (κ2) is 5.60. The Labute approximate surface area is 109 Å². The lowest BCUT2D eigenvalue weighted by molar-refractivity contribution is 0.0692. The van der Waals surface area contributed by atoms with Crippen molar-refractivity contribution >= 4 is 17.7 Å². The Kier molecular flexibility index (Phi) is 3.89. The molecule has 2 aromatic carbocycles. The van der Waals surface area contributed by atoms with E-state index in [-0.39, 0.29) is 5.56 Å². The van der Waals surface area contributed by atoms with Crippen molar-refractivity contribution in [3.05, 3.63) is 54.1 Å². The van der Waals surface area contributed by atoms with Crippen LogP contribution in [0.25, 0.3) is 0 Å². The predicted molar refractivity (Wildman–Crippen MR) is 70.5 cm³/mol. The minimum absolute atomic E-state index is 0.253. The first-order chi connectivity index (χ1) is 8.72. The van der Waals surface area contributed by atoms with E-state index in [2.05, 4.69) is 0 Å². The molecule has 0 saturated heterocycles. The molecule has 0 bridgehead atoms. The van der Waals surface area contributed by atoms with Gasteiger partial charge in [-0.1, -0.05) is 36.0 Å². The van der Waals surface area contributed by atoms with Crippen molar-refractivity contribution in [3.63, 3.8) is 0 Å². The van der Waals surface area contributed by atoms with Gasteiger partial charge in [-0.25, -0.2) is 4.79 Å². The van der Waals surface area contributed by atoms with Gasteiger partial charge in [-0.05, 0) is 24.3 Å². The van der Waals surface area contributed by atoms with Gasteiger partial charge in [0.15, 0.2) is 0 Å². The first kappa shape index (κ1) is 12.5. The fraction of sp³-hybridized carbons (Fsp3) is 0.0714. The molecule has 0 atom stereocenters. The molecule has 3 nitrogen and oxygen atoms in total. The van der Waals surface area contributed by atoms with Crippen molar-refractivity contribution in [2.24, 2.45) is 0 Å². The van der Waals surface area contributed by atoms with Crippen molar-refractivity contribution in [1.29, 1.82) is 0 Å². The maximum Gasteiger partial charge on any atom is 0.336 e. The Balaban J connectivity index is 2.44. The summed E-state index contributed by atoms with van der Waals surface area (Å²) in [6, 6.07) is 14.6. The fourth-order valence-electron chi connectivity index (χ4n) is 1.56. The maximum absolute atomic E-state index is 11.2. The van der Waals surface area contributed by atoms with Gasteiger partial charge in [0, 0.05) is 4.90 Å². The quantitative estimate of drug-likeness (QED) is 0.913. The summed E-state index contributed by atoms with van der Waals surface area (Å²) in [5.74, 6) is -0.379. The van der Waals surface area contributed by atoms with E-state index in [0.717, 1.165) is 4.90 Å². The Morgan fingerprint density at radius 2 is 1.83 bits per heavy atom. The summed E-state index contributed by atoms with van der Waals surface area (Å²) >= 11 is 1.39. The molecule has 0 spiro atoms. The highest BCUT2D eigenvalue weighted by Gasteiger charge is 2.15. The summed E-state index contributed by atoms with van der Waals surface area (Å²) in [6.45, 7) is 0. The number of aromatic carboxylic acids is 1. The molecule has 0 aliphatic carbocycles. The smallest absolute Gasteiger partial charge is 0.336 e. The van der Waals surface area contributed by atoms with Gasteiger partial charge in [-0.2, -0.15) is 0 Å². The Morgan fingerprint density at radius 3 is 2.44 bits per heavy atom. The Morgan fingerprint density at radius 1 is 1.11 bits per heavy atom. The summed E-state index contributed by atoms with van der Waals surface area (Å²) in [4.78, 5) is 12.8. The number of carbonyl (C=O) groups is 1. The minimum atomic E-state index is -0.952. The summed E-state index contributed by atoms with van der Waals surface area (Å²) in [5, 5.41) is 9.19. The van der Waals surface area contributed by atoms with Crippen LogP contribution in [0.4, 0.5) is 0 Å². The third kappa shape index (κ3) is 2.65. The zero-order valence-electron chi connectivity index (χ0n) is 9.79. The largest absolute Gasteiger partial charge is 0.496 e. The fourth-order valence-corrected chi connectivity index (χ4v) is 2.60. The number of methoxy groups -OCH3 is 1. The van der Waals surface area contributed by atoms with Gasteiger partial charge in [-0.15, -0.1) is 0 Å². The monoisotopic (exact) mass is 260 g/mol. The van der Waals surface area contributed by atoms with Crippen molar-refractivity contribution < 1.29 is 14.6 Å². The molecule has 1 N–H and O–H groups in total. The SMILES string of the molecule is COc1cccc(C(=O)O)c1Sc1ccccc1. The Bertz CT molecular complexity index is 552. The van der Waals surface area contributed by atoms with Gasteiger partial charge >= 0.3 is 5.97 Å². The van der Waals surface area contributed by atoms with Gasteiger partial charge in [-0.3, -0.25) is 0 Å². The molecule has 4 heteroatoms. The lowest BCUT2D eigenvalue weighted by Gasteiger charge is -2.10. The molecule has 0 aromatic heterocycles. The van der Waals surface area contributed by atoms with E-state index in [1.807, 2.05) is 30.3 Å². The van der Waals surface area contributed by atoms with Crippen LogP contribution in [-0.4, -0.2) is 18.2 Å². The molecule has 0 unspecified atom stereocenters. The van der Waals surface area contributed by atoms with E-state index in [1.165, 1.54) is 18.9 Å². The van der Waals surface area contributed by atoms with Crippen molar-refractivity contribution in [2.75, 3.05) is 7.11 Å². The van der Waals surface area contributed by atoms with E-state index in [4.69, 9.17) is 4.74 Å². The molecule has 0 heterocycles. The lowest BCUT2D eigenvalue weighted by Crippen LogP contribution is -2.00. The zero-order chi connectivity index (χ0) is 13.0. The molecule has 0 fully saturated rings. The van der Waals surface area contributed by atoms with E-state index in [9.17, 15) is 9.90 Å². The number of ether oxygens (including phenoxy) is 1. The summed E-state index contributed by atoms with van der Waals surface area (Å²) in [6.07, 6.45) is 0. The standard InChI is InChI=1S/C14H12O3S/c1-17-12-9-5-8-11(14(15)16)13(12)18-10-6-3-2-4-7-10/h2-9H,1H3,(H,15,16). The van der Waals surface area contributed by atoms with Gasteiger partial charge in [0.2, 0.25) is 0 Å². The number of benzene rings is 2. The van der Waals surface area contributed by atoms with Crippen LogP contribution < -0.4 is 4.74 Å². The second-order valence-corrected chi connectivity index (χ2v) is 4.64. The molecule has 0 saturated carbocycles. The van der Waals surface area contributed by atoms with Crippen LogP contribution in [0.15, 0.2) is 58.3 Å². The first-order valence-corrected chi connectivity index (χ1v) is 6.17. The van der Waals surface area contributed by atoms with Crippen LogP contribution in [-0.2, 0) is 0 Å². The summed E-state index contributed by atoms with van der Waals surface area (Å²) in [7, 11) is 1.54. The number of rotatable bonds is 4.